The number of rotatable bonds is 6. The van der Waals surface area contributed by atoms with Gasteiger partial charge in [0, 0.05) is 38.8 Å². The summed E-state index contributed by atoms with van der Waals surface area (Å²) in [6.07, 6.45) is 5.32. The molecular formula is C17H35IN4O. The summed E-state index contributed by atoms with van der Waals surface area (Å²) >= 11 is 0. The van der Waals surface area contributed by atoms with E-state index in [1.54, 1.807) is 0 Å². The van der Waals surface area contributed by atoms with Crippen LogP contribution >= 0.6 is 24.0 Å². The number of nitrogens with one attached hydrogen (secondary N) is 2. The highest BCUT2D eigenvalue weighted by Gasteiger charge is 2.21. The number of halogens is 1. The molecule has 0 aromatic heterocycles. The molecule has 0 bridgehead atoms. The Morgan fingerprint density at radius 2 is 2.09 bits per heavy atom. The number of ether oxygens (including phenoxy) is 1. The van der Waals surface area contributed by atoms with Gasteiger partial charge in [0.15, 0.2) is 5.96 Å². The monoisotopic (exact) mass is 438 g/mol. The zero-order valence-electron chi connectivity index (χ0n) is 15.0. The Hall–Kier alpha value is -0.0800. The van der Waals surface area contributed by atoms with Crippen molar-refractivity contribution < 1.29 is 4.74 Å². The number of piperidine rings is 1. The van der Waals surface area contributed by atoms with Crippen molar-refractivity contribution in [3.8, 4) is 0 Å². The molecule has 2 aliphatic heterocycles. The number of aliphatic imine (C=N–C) groups is 1. The van der Waals surface area contributed by atoms with Crippen molar-refractivity contribution in [2.24, 2.45) is 10.9 Å². The molecule has 0 spiro atoms. The topological polar surface area (TPSA) is 48.9 Å². The van der Waals surface area contributed by atoms with Gasteiger partial charge in [0.2, 0.25) is 0 Å². The van der Waals surface area contributed by atoms with Gasteiger partial charge in [-0.25, -0.2) is 0 Å². The first kappa shape index (κ1) is 21.0. The number of guanidine groups is 1. The maximum Gasteiger partial charge on any atom is 0.191 e. The molecule has 2 atom stereocenters. The molecule has 2 fully saturated rings. The van der Waals surface area contributed by atoms with E-state index < -0.39 is 0 Å². The largest absolute Gasteiger partial charge is 0.376 e. The van der Waals surface area contributed by atoms with E-state index in [9.17, 15) is 0 Å². The van der Waals surface area contributed by atoms with Crippen molar-refractivity contribution in [2.45, 2.75) is 58.6 Å². The first-order valence-corrected chi connectivity index (χ1v) is 9.07. The molecular weight excluding hydrogens is 403 g/mol. The van der Waals surface area contributed by atoms with Crippen LogP contribution in [0, 0.1) is 5.92 Å². The summed E-state index contributed by atoms with van der Waals surface area (Å²) in [7, 11) is 0. The van der Waals surface area contributed by atoms with Crippen molar-refractivity contribution in [3.05, 3.63) is 0 Å². The van der Waals surface area contributed by atoms with Crippen molar-refractivity contribution in [1.29, 1.82) is 0 Å². The summed E-state index contributed by atoms with van der Waals surface area (Å²) in [6, 6.07) is 0.651. The third-order valence-corrected chi connectivity index (χ3v) is 4.65. The summed E-state index contributed by atoms with van der Waals surface area (Å²) in [4.78, 5) is 7.38. The summed E-state index contributed by atoms with van der Waals surface area (Å²) < 4.78 is 5.66. The number of hydrogen-bond donors (Lipinski definition) is 2. The summed E-state index contributed by atoms with van der Waals surface area (Å²) in [5.41, 5.74) is 0. The van der Waals surface area contributed by atoms with Crippen molar-refractivity contribution in [1.82, 2.24) is 15.5 Å². The smallest absolute Gasteiger partial charge is 0.191 e. The van der Waals surface area contributed by atoms with Crippen molar-refractivity contribution in [2.75, 3.05) is 39.3 Å². The standard InChI is InChI=1S/C17H34N4O.HI/c1-4-18-17(20-12-16-8-6-10-22-16)19-11-15-7-5-9-21(13-15)14(2)3;/h14-16H,4-13H2,1-3H3,(H2,18,19,20);1H. The zero-order valence-corrected chi connectivity index (χ0v) is 17.3. The second kappa shape index (κ2) is 11.5. The predicted octanol–water partition coefficient (Wildman–Crippen LogP) is 2.46. The minimum absolute atomic E-state index is 0. The molecule has 0 aromatic carbocycles. The normalized spacial score (nSPS) is 26.2. The number of nitrogens with zero attached hydrogens (tertiary/aromatic N) is 2. The summed E-state index contributed by atoms with van der Waals surface area (Å²) in [5.74, 6) is 1.63. The zero-order chi connectivity index (χ0) is 15.8. The van der Waals surface area contributed by atoms with Crippen molar-refractivity contribution >= 4 is 29.9 Å². The average Bonchev–Trinajstić information content (AvgIpc) is 3.03. The molecule has 2 aliphatic rings. The van der Waals surface area contributed by atoms with E-state index >= 15 is 0 Å². The van der Waals surface area contributed by atoms with E-state index in [1.165, 1.54) is 38.8 Å². The van der Waals surface area contributed by atoms with Crippen LogP contribution in [0.4, 0.5) is 0 Å². The van der Waals surface area contributed by atoms with Gasteiger partial charge in [0.25, 0.3) is 0 Å². The number of hydrogen-bond acceptors (Lipinski definition) is 3. The highest BCUT2D eigenvalue weighted by molar-refractivity contribution is 14.0. The molecule has 23 heavy (non-hydrogen) atoms. The Bertz CT molecular complexity index is 345. The molecule has 2 heterocycles. The molecule has 0 radical (unpaired) electrons. The van der Waals surface area contributed by atoms with Gasteiger partial charge in [0.05, 0.1) is 6.10 Å². The van der Waals surface area contributed by atoms with Crippen LogP contribution < -0.4 is 10.6 Å². The second-order valence-electron chi connectivity index (χ2n) is 6.83. The minimum atomic E-state index is 0. The molecule has 5 nitrogen and oxygen atoms in total. The first-order chi connectivity index (χ1) is 10.7. The van der Waals surface area contributed by atoms with Gasteiger partial charge >= 0.3 is 0 Å². The lowest BCUT2D eigenvalue weighted by Gasteiger charge is -2.34. The molecule has 2 N–H and O–H groups in total. The Morgan fingerprint density at radius 1 is 1.26 bits per heavy atom. The molecule has 0 saturated carbocycles. The SMILES string of the molecule is CCNC(=NCC1CCCN(C(C)C)C1)NCC1CCCO1.I. The fourth-order valence-corrected chi connectivity index (χ4v) is 3.29. The van der Waals surface area contributed by atoms with Crippen LogP contribution in [0.3, 0.4) is 0 Å². The molecule has 2 rings (SSSR count). The second-order valence-corrected chi connectivity index (χ2v) is 6.83. The maximum atomic E-state index is 5.66. The average molecular weight is 438 g/mol. The lowest BCUT2D eigenvalue weighted by molar-refractivity contribution is 0.113. The molecule has 2 saturated heterocycles. The fourth-order valence-electron chi connectivity index (χ4n) is 3.29. The van der Waals surface area contributed by atoms with Crippen LogP contribution in [-0.4, -0.2) is 62.3 Å². The van der Waals surface area contributed by atoms with E-state index in [1.807, 2.05) is 0 Å². The highest BCUT2D eigenvalue weighted by atomic mass is 127. The van der Waals surface area contributed by atoms with E-state index in [0.29, 0.717) is 18.1 Å². The van der Waals surface area contributed by atoms with E-state index in [4.69, 9.17) is 9.73 Å². The van der Waals surface area contributed by atoms with Gasteiger partial charge in [-0.2, -0.15) is 0 Å². The van der Waals surface area contributed by atoms with Gasteiger partial charge in [0.1, 0.15) is 0 Å². The lowest BCUT2D eigenvalue weighted by Crippen LogP contribution is -2.43. The Kier molecular flexibility index (Phi) is 10.5. The number of likely N-dealkylation sites (tertiary alicyclic amines) is 1. The van der Waals surface area contributed by atoms with Gasteiger partial charge in [-0.1, -0.05) is 0 Å². The highest BCUT2D eigenvalue weighted by Crippen LogP contribution is 2.18. The van der Waals surface area contributed by atoms with Crippen molar-refractivity contribution in [3.63, 3.8) is 0 Å². The first-order valence-electron chi connectivity index (χ1n) is 9.07. The van der Waals surface area contributed by atoms with Crippen LogP contribution in [0.25, 0.3) is 0 Å². The quantitative estimate of drug-likeness (QED) is 0.380. The van der Waals surface area contributed by atoms with Crippen LogP contribution in [0.2, 0.25) is 0 Å². The van der Waals surface area contributed by atoms with E-state index in [-0.39, 0.29) is 24.0 Å². The Labute approximate surface area is 159 Å². The summed E-state index contributed by atoms with van der Waals surface area (Å²) in [6.45, 7) is 12.7. The van der Waals surface area contributed by atoms with Gasteiger partial charge in [-0.15, -0.1) is 24.0 Å². The third kappa shape index (κ3) is 7.56. The molecule has 0 aromatic rings. The molecule has 2 unspecified atom stereocenters. The third-order valence-electron chi connectivity index (χ3n) is 4.65. The predicted molar refractivity (Wildman–Crippen MR) is 108 cm³/mol. The maximum absolute atomic E-state index is 5.66. The van der Waals surface area contributed by atoms with Crippen LogP contribution in [0.5, 0.6) is 0 Å². The van der Waals surface area contributed by atoms with Gasteiger partial charge in [-0.3, -0.25) is 4.99 Å². The fraction of sp³-hybridized carbons (Fsp3) is 0.941. The van der Waals surface area contributed by atoms with Crippen LogP contribution in [0.15, 0.2) is 4.99 Å². The minimum Gasteiger partial charge on any atom is -0.376 e. The van der Waals surface area contributed by atoms with Crippen LogP contribution in [-0.2, 0) is 4.74 Å². The molecule has 0 amide bonds. The Balaban J connectivity index is 0.00000264. The Morgan fingerprint density at radius 3 is 2.74 bits per heavy atom. The molecule has 0 aliphatic carbocycles. The molecule has 6 heteroatoms. The lowest BCUT2D eigenvalue weighted by atomic mass is 9.97. The van der Waals surface area contributed by atoms with E-state index in [2.05, 4.69) is 36.3 Å². The van der Waals surface area contributed by atoms with E-state index in [0.717, 1.165) is 32.2 Å². The van der Waals surface area contributed by atoms with Gasteiger partial charge < -0.3 is 20.3 Å². The van der Waals surface area contributed by atoms with Gasteiger partial charge in [-0.05, 0) is 58.9 Å². The summed E-state index contributed by atoms with van der Waals surface area (Å²) in [5, 5.41) is 6.79. The van der Waals surface area contributed by atoms with Crippen LogP contribution in [0.1, 0.15) is 46.5 Å². The molecule has 136 valence electrons.